The monoisotopic (exact) mass is 342 g/mol. The van der Waals surface area contributed by atoms with Crippen molar-refractivity contribution in [1.82, 2.24) is 10.2 Å². The fraction of sp³-hybridized carbons (Fsp3) is 0.0476. The molecule has 0 aliphatic heterocycles. The summed E-state index contributed by atoms with van der Waals surface area (Å²) in [7, 11) is 0. The molecule has 0 atom stereocenters. The Morgan fingerprint density at radius 3 is 2.42 bits per heavy atom. The molecule has 0 aliphatic rings. The van der Waals surface area contributed by atoms with Gasteiger partial charge in [-0.1, -0.05) is 35.9 Å². The zero-order valence-electron chi connectivity index (χ0n) is 14.3. The first kappa shape index (κ1) is 15.9. The number of anilines is 3. The van der Waals surface area contributed by atoms with Gasteiger partial charge in [0, 0.05) is 22.3 Å². The lowest BCUT2D eigenvalue weighted by Gasteiger charge is -2.07. The maximum atomic E-state index is 12.3. The van der Waals surface area contributed by atoms with Gasteiger partial charge in [-0.2, -0.15) is 5.10 Å². The van der Waals surface area contributed by atoms with Crippen molar-refractivity contribution < 1.29 is 4.79 Å². The zero-order valence-corrected chi connectivity index (χ0v) is 14.3. The van der Waals surface area contributed by atoms with Crippen molar-refractivity contribution >= 4 is 34.0 Å². The largest absolute Gasteiger partial charge is 0.355 e. The van der Waals surface area contributed by atoms with Crippen molar-refractivity contribution in [2.24, 2.45) is 0 Å². The zero-order chi connectivity index (χ0) is 17.9. The van der Waals surface area contributed by atoms with Gasteiger partial charge < -0.3 is 10.6 Å². The number of hydrogen-bond donors (Lipinski definition) is 3. The summed E-state index contributed by atoms with van der Waals surface area (Å²) >= 11 is 0. The van der Waals surface area contributed by atoms with Crippen molar-refractivity contribution in [2.75, 3.05) is 10.6 Å². The highest BCUT2D eigenvalue weighted by molar-refractivity contribution is 6.08. The summed E-state index contributed by atoms with van der Waals surface area (Å²) < 4.78 is 0. The Morgan fingerprint density at radius 2 is 1.65 bits per heavy atom. The van der Waals surface area contributed by atoms with Gasteiger partial charge in [-0.25, -0.2) is 0 Å². The average molecular weight is 342 g/mol. The van der Waals surface area contributed by atoms with Crippen LogP contribution < -0.4 is 10.6 Å². The Kier molecular flexibility index (Phi) is 4.11. The van der Waals surface area contributed by atoms with Crippen LogP contribution in [0.2, 0.25) is 0 Å². The second kappa shape index (κ2) is 6.72. The van der Waals surface area contributed by atoms with Gasteiger partial charge >= 0.3 is 0 Å². The van der Waals surface area contributed by atoms with Crippen LogP contribution in [0, 0.1) is 6.92 Å². The quantitative estimate of drug-likeness (QED) is 0.496. The van der Waals surface area contributed by atoms with E-state index in [0.717, 1.165) is 22.3 Å². The molecule has 3 aromatic carbocycles. The summed E-state index contributed by atoms with van der Waals surface area (Å²) in [6.45, 7) is 2.06. The van der Waals surface area contributed by atoms with Gasteiger partial charge in [-0.3, -0.25) is 9.89 Å². The van der Waals surface area contributed by atoms with Crippen LogP contribution in [0.1, 0.15) is 15.9 Å². The first-order valence-electron chi connectivity index (χ1n) is 8.37. The molecule has 0 saturated carbocycles. The van der Waals surface area contributed by atoms with Gasteiger partial charge in [0.05, 0.1) is 5.52 Å². The molecular formula is C21H18N4O. The second-order valence-electron chi connectivity index (χ2n) is 6.14. The van der Waals surface area contributed by atoms with E-state index in [1.165, 1.54) is 5.56 Å². The molecule has 0 unspecified atom stereocenters. The number of nitrogens with one attached hydrogen (secondary N) is 3. The minimum atomic E-state index is -0.180. The van der Waals surface area contributed by atoms with Gasteiger partial charge in [0.1, 0.15) is 0 Å². The first-order chi connectivity index (χ1) is 12.7. The minimum absolute atomic E-state index is 0.180. The number of hydrogen-bond acceptors (Lipinski definition) is 3. The summed E-state index contributed by atoms with van der Waals surface area (Å²) in [4.78, 5) is 12.3. The maximum Gasteiger partial charge on any atom is 0.256 e. The van der Waals surface area contributed by atoms with Gasteiger partial charge in [0.2, 0.25) is 0 Å². The van der Waals surface area contributed by atoms with Gasteiger partial charge in [0.15, 0.2) is 5.82 Å². The summed E-state index contributed by atoms with van der Waals surface area (Å²) in [6, 6.07) is 23.2. The minimum Gasteiger partial charge on any atom is -0.355 e. The number of rotatable bonds is 4. The van der Waals surface area contributed by atoms with Crippen LogP contribution in [0.3, 0.4) is 0 Å². The molecule has 128 valence electrons. The molecular weight excluding hydrogens is 324 g/mol. The molecule has 1 aromatic heterocycles. The SMILES string of the molecule is Cc1ccc(Nc2ccc3c(NC(=O)c4ccccc4)n[nH]c3c2)cc1. The van der Waals surface area contributed by atoms with Crippen LogP contribution in [0.4, 0.5) is 17.2 Å². The Balaban J connectivity index is 1.55. The smallest absolute Gasteiger partial charge is 0.256 e. The molecule has 0 saturated heterocycles. The Labute approximate surface area is 151 Å². The molecule has 4 aromatic rings. The van der Waals surface area contributed by atoms with Crippen LogP contribution in [-0.4, -0.2) is 16.1 Å². The van der Waals surface area contributed by atoms with Crippen molar-refractivity contribution in [3.63, 3.8) is 0 Å². The predicted molar refractivity (Wildman–Crippen MR) is 105 cm³/mol. The molecule has 5 heteroatoms. The van der Waals surface area contributed by atoms with Crippen molar-refractivity contribution in [2.45, 2.75) is 6.92 Å². The van der Waals surface area contributed by atoms with E-state index in [0.29, 0.717) is 11.4 Å². The molecule has 1 heterocycles. The van der Waals surface area contributed by atoms with E-state index < -0.39 is 0 Å². The highest BCUT2D eigenvalue weighted by Gasteiger charge is 2.11. The second-order valence-corrected chi connectivity index (χ2v) is 6.14. The highest BCUT2D eigenvalue weighted by Crippen LogP contribution is 2.26. The average Bonchev–Trinajstić information content (AvgIpc) is 3.06. The predicted octanol–water partition coefficient (Wildman–Crippen LogP) is 4.87. The molecule has 3 N–H and O–H groups in total. The molecule has 0 fully saturated rings. The number of benzene rings is 3. The maximum absolute atomic E-state index is 12.3. The molecule has 26 heavy (non-hydrogen) atoms. The number of nitrogens with zero attached hydrogens (tertiary/aromatic N) is 1. The molecule has 1 amide bonds. The van der Waals surface area contributed by atoms with Crippen molar-refractivity contribution in [1.29, 1.82) is 0 Å². The molecule has 0 bridgehead atoms. The molecule has 0 radical (unpaired) electrons. The number of aromatic amines is 1. The van der Waals surface area contributed by atoms with Crippen LogP contribution in [0.5, 0.6) is 0 Å². The Hall–Kier alpha value is -3.60. The number of aryl methyl sites for hydroxylation is 1. The molecule has 4 rings (SSSR count). The van der Waals surface area contributed by atoms with E-state index in [1.807, 2.05) is 48.5 Å². The number of aromatic nitrogens is 2. The number of fused-ring (bicyclic) bond motifs is 1. The van der Waals surface area contributed by atoms with Crippen molar-refractivity contribution in [3.05, 3.63) is 83.9 Å². The third kappa shape index (κ3) is 3.28. The van der Waals surface area contributed by atoms with Crippen LogP contribution in [0.25, 0.3) is 10.9 Å². The lowest BCUT2D eigenvalue weighted by molar-refractivity contribution is 0.102. The lowest BCUT2D eigenvalue weighted by Crippen LogP contribution is -2.12. The van der Waals surface area contributed by atoms with E-state index in [9.17, 15) is 4.79 Å². The normalized spacial score (nSPS) is 10.7. The number of amides is 1. The number of H-pyrrole nitrogens is 1. The van der Waals surface area contributed by atoms with Gasteiger partial charge in [0.25, 0.3) is 5.91 Å². The third-order valence-corrected chi connectivity index (χ3v) is 4.17. The topological polar surface area (TPSA) is 69.8 Å². The first-order valence-corrected chi connectivity index (χ1v) is 8.37. The number of carbonyl (C=O) groups excluding carboxylic acids is 1. The third-order valence-electron chi connectivity index (χ3n) is 4.17. The molecule has 0 spiro atoms. The van der Waals surface area contributed by atoms with E-state index >= 15 is 0 Å². The number of carbonyl (C=O) groups is 1. The summed E-state index contributed by atoms with van der Waals surface area (Å²) in [5.41, 5.74) is 4.64. The summed E-state index contributed by atoms with van der Waals surface area (Å²) in [5.74, 6) is 0.344. The standard InChI is InChI=1S/C21H18N4O/c1-14-7-9-16(10-8-14)22-17-11-12-18-19(13-17)24-25-20(18)23-21(26)15-5-3-2-4-6-15/h2-13,22H,1H3,(H2,23,24,25,26). The fourth-order valence-electron chi connectivity index (χ4n) is 2.77. The van der Waals surface area contributed by atoms with E-state index in [4.69, 9.17) is 0 Å². The van der Waals surface area contributed by atoms with E-state index in [1.54, 1.807) is 12.1 Å². The van der Waals surface area contributed by atoms with Crippen molar-refractivity contribution in [3.8, 4) is 0 Å². The van der Waals surface area contributed by atoms with E-state index in [-0.39, 0.29) is 5.91 Å². The van der Waals surface area contributed by atoms with Gasteiger partial charge in [-0.05, 0) is 49.4 Å². The molecule has 5 nitrogen and oxygen atoms in total. The van der Waals surface area contributed by atoms with Crippen LogP contribution in [0.15, 0.2) is 72.8 Å². The van der Waals surface area contributed by atoms with Crippen LogP contribution >= 0.6 is 0 Å². The Bertz CT molecular complexity index is 1050. The lowest BCUT2D eigenvalue weighted by atomic mass is 10.2. The van der Waals surface area contributed by atoms with E-state index in [2.05, 4.69) is 39.9 Å². The van der Waals surface area contributed by atoms with Crippen LogP contribution in [-0.2, 0) is 0 Å². The fourth-order valence-corrected chi connectivity index (χ4v) is 2.77. The summed E-state index contributed by atoms with van der Waals surface area (Å²) in [5, 5.41) is 14.3. The van der Waals surface area contributed by atoms with Gasteiger partial charge in [-0.15, -0.1) is 0 Å². The highest BCUT2D eigenvalue weighted by atomic mass is 16.1. The Morgan fingerprint density at radius 1 is 0.923 bits per heavy atom. The summed E-state index contributed by atoms with van der Waals surface area (Å²) in [6.07, 6.45) is 0. The molecule has 0 aliphatic carbocycles.